The second kappa shape index (κ2) is 6.91. The average Bonchev–Trinajstić information content (AvgIpc) is 2.46. The van der Waals surface area contributed by atoms with Crippen molar-refractivity contribution in [3.63, 3.8) is 0 Å². The van der Waals surface area contributed by atoms with Gasteiger partial charge in [-0.25, -0.2) is 0 Å². The van der Waals surface area contributed by atoms with E-state index < -0.39 is 0 Å². The maximum Gasteiger partial charge on any atom is 0.234 e. The van der Waals surface area contributed by atoms with Crippen LogP contribution >= 0.6 is 0 Å². The molecule has 106 valence electrons. The van der Waals surface area contributed by atoms with Gasteiger partial charge in [-0.15, -0.1) is 0 Å². The van der Waals surface area contributed by atoms with E-state index in [9.17, 15) is 4.79 Å². The molecule has 0 spiro atoms. The maximum absolute atomic E-state index is 11.2. The molecule has 0 heterocycles. The Morgan fingerprint density at radius 2 is 2.00 bits per heavy atom. The topological polar surface area (TPSA) is 64.3 Å². The highest BCUT2D eigenvalue weighted by Crippen LogP contribution is 2.25. The summed E-state index contributed by atoms with van der Waals surface area (Å²) < 4.78 is 5.80. The molecule has 0 aromatic heterocycles. The Morgan fingerprint density at radius 1 is 1.25 bits per heavy atom. The highest BCUT2D eigenvalue weighted by Gasteiger charge is 2.13. The second-order valence-corrected chi connectivity index (χ2v) is 4.63. The molecule has 0 bridgehead atoms. The summed E-state index contributed by atoms with van der Waals surface area (Å²) in [5.74, 6) is 0.496. The van der Waals surface area contributed by atoms with Crippen molar-refractivity contribution in [1.29, 1.82) is 0 Å². The van der Waals surface area contributed by atoms with E-state index in [4.69, 9.17) is 10.5 Å². The minimum absolute atomic E-state index is 0.338. The molecule has 3 N–H and O–H groups in total. The maximum atomic E-state index is 11.2. The molecule has 2 aromatic rings. The normalized spacial score (nSPS) is 12.2. The number of fused-ring (bicyclic) bond motifs is 1. The molecule has 0 radical (unpaired) electrons. The number of primary amides is 1. The minimum Gasteiger partial charge on any atom is -0.493 e. The molecule has 0 saturated heterocycles. The molecule has 1 amide bonds. The monoisotopic (exact) mass is 272 g/mol. The van der Waals surface area contributed by atoms with Crippen LogP contribution in [-0.4, -0.2) is 25.1 Å². The third kappa shape index (κ3) is 3.48. The van der Waals surface area contributed by atoms with Crippen molar-refractivity contribution in [2.24, 2.45) is 5.73 Å². The van der Waals surface area contributed by atoms with E-state index in [-0.39, 0.29) is 11.9 Å². The summed E-state index contributed by atoms with van der Waals surface area (Å²) in [6.45, 7) is 3.11. The number of hydrogen-bond acceptors (Lipinski definition) is 3. The first-order valence-corrected chi connectivity index (χ1v) is 6.85. The molecule has 4 nitrogen and oxygen atoms in total. The van der Waals surface area contributed by atoms with E-state index in [1.54, 1.807) is 0 Å². The van der Waals surface area contributed by atoms with Crippen LogP contribution in [0, 0.1) is 0 Å². The molecule has 2 aromatic carbocycles. The highest BCUT2D eigenvalue weighted by atomic mass is 16.5. The Hall–Kier alpha value is -2.07. The van der Waals surface area contributed by atoms with Crippen LogP contribution in [0.15, 0.2) is 42.5 Å². The fourth-order valence-corrected chi connectivity index (χ4v) is 2.20. The van der Waals surface area contributed by atoms with Gasteiger partial charge in [-0.2, -0.15) is 0 Å². The first-order chi connectivity index (χ1) is 9.72. The number of likely N-dealkylation sites (N-methyl/N-ethyl adjacent to an activating group) is 1. The van der Waals surface area contributed by atoms with Crippen LogP contribution in [0.1, 0.15) is 13.3 Å². The largest absolute Gasteiger partial charge is 0.493 e. The molecule has 0 saturated carbocycles. The number of ether oxygens (including phenoxy) is 1. The van der Waals surface area contributed by atoms with Gasteiger partial charge in [0.1, 0.15) is 5.75 Å². The third-order valence-corrected chi connectivity index (χ3v) is 3.21. The van der Waals surface area contributed by atoms with Crippen molar-refractivity contribution in [2.75, 3.05) is 13.2 Å². The van der Waals surface area contributed by atoms with Crippen LogP contribution < -0.4 is 15.8 Å². The zero-order valence-corrected chi connectivity index (χ0v) is 11.6. The Labute approximate surface area is 118 Å². The van der Waals surface area contributed by atoms with Gasteiger partial charge in [-0.05, 0) is 18.0 Å². The minimum atomic E-state index is -0.339. The van der Waals surface area contributed by atoms with Gasteiger partial charge in [0.15, 0.2) is 0 Å². The molecular formula is C16H20N2O2. The Bertz CT molecular complexity index is 578. The van der Waals surface area contributed by atoms with Gasteiger partial charge < -0.3 is 15.8 Å². The molecule has 0 aliphatic carbocycles. The van der Waals surface area contributed by atoms with E-state index in [0.717, 1.165) is 16.5 Å². The number of benzene rings is 2. The van der Waals surface area contributed by atoms with E-state index in [0.29, 0.717) is 19.6 Å². The van der Waals surface area contributed by atoms with Gasteiger partial charge >= 0.3 is 0 Å². The molecule has 0 aliphatic heterocycles. The fourth-order valence-electron chi connectivity index (χ4n) is 2.20. The summed E-state index contributed by atoms with van der Waals surface area (Å²) in [5.41, 5.74) is 5.34. The van der Waals surface area contributed by atoms with Gasteiger partial charge in [0.05, 0.1) is 12.6 Å². The van der Waals surface area contributed by atoms with E-state index in [1.165, 1.54) is 0 Å². The van der Waals surface area contributed by atoms with Crippen LogP contribution in [0.2, 0.25) is 0 Å². The number of carbonyl (C=O) groups is 1. The SMILES string of the molecule is CCNC(CCOc1cccc2ccccc12)C(N)=O. The Morgan fingerprint density at radius 3 is 2.75 bits per heavy atom. The van der Waals surface area contributed by atoms with Gasteiger partial charge in [0.2, 0.25) is 5.91 Å². The lowest BCUT2D eigenvalue weighted by atomic mass is 10.1. The van der Waals surface area contributed by atoms with Gasteiger partial charge in [-0.1, -0.05) is 43.3 Å². The van der Waals surface area contributed by atoms with Crippen LogP contribution in [0.25, 0.3) is 10.8 Å². The second-order valence-electron chi connectivity index (χ2n) is 4.63. The van der Waals surface area contributed by atoms with Crippen molar-refractivity contribution in [1.82, 2.24) is 5.32 Å². The van der Waals surface area contributed by atoms with Crippen LogP contribution in [0.4, 0.5) is 0 Å². The average molecular weight is 272 g/mol. The van der Waals surface area contributed by atoms with Gasteiger partial charge in [0.25, 0.3) is 0 Å². The lowest BCUT2D eigenvalue weighted by molar-refractivity contribution is -0.120. The Kier molecular flexibility index (Phi) is 4.96. The van der Waals surface area contributed by atoms with Crippen molar-refractivity contribution in [3.05, 3.63) is 42.5 Å². The van der Waals surface area contributed by atoms with E-state index in [2.05, 4.69) is 5.32 Å². The number of amides is 1. The van der Waals surface area contributed by atoms with Crippen LogP contribution in [0.3, 0.4) is 0 Å². The Balaban J connectivity index is 2.01. The van der Waals surface area contributed by atoms with Crippen molar-refractivity contribution >= 4 is 16.7 Å². The summed E-state index contributed by atoms with van der Waals surface area (Å²) in [4.78, 5) is 11.2. The summed E-state index contributed by atoms with van der Waals surface area (Å²) in [7, 11) is 0. The van der Waals surface area contributed by atoms with Gasteiger partial charge in [0, 0.05) is 11.8 Å². The molecule has 4 heteroatoms. The first-order valence-electron chi connectivity index (χ1n) is 6.85. The number of rotatable bonds is 7. The molecular weight excluding hydrogens is 252 g/mol. The number of carbonyl (C=O) groups excluding carboxylic acids is 1. The number of nitrogens with two attached hydrogens (primary N) is 1. The van der Waals surface area contributed by atoms with Crippen molar-refractivity contribution in [2.45, 2.75) is 19.4 Å². The number of nitrogens with one attached hydrogen (secondary N) is 1. The zero-order valence-electron chi connectivity index (χ0n) is 11.6. The quantitative estimate of drug-likeness (QED) is 0.811. The van der Waals surface area contributed by atoms with E-state index in [1.807, 2.05) is 49.4 Å². The molecule has 2 rings (SSSR count). The lowest BCUT2D eigenvalue weighted by Crippen LogP contribution is -2.42. The number of hydrogen-bond donors (Lipinski definition) is 2. The predicted molar refractivity (Wildman–Crippen MR) is 80.7 cm³/mol. The zero-order chi connectivity index (χ0) is 14.4. The van der Waals surface area contributed by atoms with Gasteiger partial charge in [-0.3, -0.25) is 4.79 Å². The molecule has 20 heavy (non-hydrogen) atoms. The standard InChI is InChI=1S/C16H20N2O2/c1-2-18-14(16(17)19)10-11-20-15-9-5-7-12-6-3-4-8-13(12)15/h3-9,14,18H,2,10-11H2,1H3,(H2,17,19). The summed E-state index contributed by atoms with van der Waals surface area (Å²) >= 11 is 0. The van der Waals surface area contributed by atoms with Crippen molar-refractivity contribution < 1.29 is 9.53 Å². The first kappa shape index (κ1) is 14.3. The van der Waals surface area contributed by atoms with Crippen LogP contribution in [-0.2, 0) is 4.79 Å². The molecule has 1 unspecified atom stereocenters. The van der Waals surface area contributed by atoms with Crippen molar-refractivity contribution in [3.8, 4) is 5.75 Å². The summed E-state index contributed by atoms with van der Waals surface area (Å²) in [5, 5.41) is 5.27. The fraction of sp³-hybridized carbons (Fsp3) is 0.312. The predicted octanol–water partition coefficient (Wildman–Crippen LogP) is 2.07. The molecule has 0 fully saturated rings. The highest BCUT2D eigenvalue weighted by molar-refractivity contribution is 5.88. The summed E-state index contributed by atoms with van der Waals surface area (Å²) in [6, 6.07) is 13.7. The molecule has 1 atom stereocenters. The summed E-state index contributed by atoms with van der Waals surface area (Å²) in [6.07, 6.45) is 0.562. The third-order valence-electron chi connectivity index (χ3n) is 3.21. The smallest absolute Gasteiger partial charge is 0.234 e. The molecule has 0 aliphatic rings. The van der Waals surface area contributed by atoms with Crippen LogP contribution in [0.5, 0.6) is 5.75 Å². The van der Waals surface area contributed by atoms with E-state index >= 15 is 0 Å². The lowest BCUT2D eigenvalue weighted by Gasteiger charge is -2.15.